The highest BCUT2D eigenvalue weighted by atomic mass is 19.1. The van der Waals surface area contributed by atoms with Gasteiger partial charge in [-0.15, -0.1) is 0 Å². The highest BCUT2D eigenvalue weighted by molar-refractivity contribution is 5.84. The van der Waals surface area contributed by atoms with Crippen molar-refractivity contribution in [2.45, 2.75) is 13.2 Å². The Balaban J connectivity index is 1.87. The molecule has 21 heavy (non-hydrogen) atoms. The number of fused-ring (bicyclic) bond motifs is 1. The number of ether oxygens (including phenoxy) is 1. The molecule has 2 aromatic carbocycles. The van der Waals surface area contributed by atoms with Crippen molar-refractivity contribution in [1.82, 2.24) is 4.98 Å². The molecule has 0 bridgehead atoms. The second-order valence-electron chi connectivity index (χ2n) is 4.71. The molecule has 0 atom stereocenters. The molecular formula is C17H15FN2O. The van der Waals surface area contributed by atoms with Gasteiger partial charge in [-0.1, -0.05) is 36.4 Å². The van der Waals surface area contributed by atoms with Crippen LogP contribution in [0.4, 0.5) is 4.39 Å². The van der Waals surface area contributed by atoms with Crippen molar-refractivity contribution in [3.63, 3.8) is 0 Å². The van der Waals surface area contributed by atoms with Crippen LogP contribution in [0.1, 0.15) is 11.1 Å². The first-order chi connectivity index (χ1) is 10.3. The maximum absolute atomic E-state index is 14.1. The van der Waals surface area contributed by atoms with Crippen LogP contribution < -0.4 is 10.5 Å². The first kappa shape index (κ1) is 13.5. The predicted molar refractivity (Wildman–Crippen MR) is 80.4 cm³/mol. The summed E-state index contributed by atoms with van der Waals surface area (Å²) < 4.78 is 19.9. The molecular weight excluding hydrogens is 267 g/mol. The molecule has 0 amide bonds. The first-order valence-electron chi connectivity index (χ1n) is 6.72. The third-order valence-corrected chi connectivity index (χ3v) is 3.36. The molecule has 106 valence electrons. The van der Waals surface area contributed by atoms with Crippen LogP contribution in [0.2, 0.25) is 0 Å². The molecule has 3 aromatic rings. The van der Waals surface area contributed by atoms with Crippen molar-refractivity contribution >= 4 is 10.9 Å². The van der Waals surface area contributed by atoms with E-state index in [4.69, 9.17) is 10.5 Å². The Morgan fingerprint density at radius 3 is 2.62 bits per heavy atom. The normalized spacial score (nSPS) is 10.8. The van der Waals surface area contributed by atoms with Gasteiger partial charge in [0.2, 0.25) is 0 Å². The summed E-state index contributed by atoms with van der Waals surface area (Å²) in [5, 5.41) is 0.992. The predicted octanol–water partition coefficient (Wildman–Crippen LogP) is 3.41. The van der Waals surface area contributed by atoms with E-state index in [0.717, 1.165) is 10.9 Å². The molecule has 0 saturated carbocycles. The second-order valence-corrected chi connectivity index (χ2v) is 4.71. The fraction of sp³-hybridized carbons (Fsp3) is 0.118. The van der Waals surface area contributed by atoms with Crippen molar-refractivity contribution in [2.75, 3.05) is 0 Å². The van der Waals surface area contributed by atoms with Gasteiger partial charge in [-0.3, -0.25) is 4.98 Å². The molecule has 0 aliphatic carbocycles. The molecule has 0 aliphatic heterocycles. The molecule has 4 heteroatoms. The fourth-order valence-corrected chi connectivity index (χ4v) is 2.25. The lowest BCUT2D eigenvalue weighted by Crippen LogP contribution is -2.05. The third kappa shape index (κ3) is 2.71. The van der Waals surface area contributed by atoms with Crippen LogP contribution in [-0.4, -0.2) is 4.98 Å². The monoisotopic (exact) mass is 282 g/mol. The summed E-state index contributed by atoms with van der Waals surface area (Å²) in [5.74, 6) is 0.346. The van der Waals surface area contributed by atoms with Crippen LogP contribution >= 0.6 is 0 Å². The number of benzene rings is 2. The minimum atomic E-state index is -0.298. The number of pyridine rings is 1. The Hall–Kier alpha value is -2.46. The number of para-hydroxylation sites is 1. The Morgan fingerprint density at radius 2 is 1.76 bits per heavy atom. The van der Waals surface area contributed by atoms with Crippen LogP contribution in [0.25, 0.3) is 10.9 Å². The van der Waals surface area contributed by atoms with Gasteiger partial charge in [0.25, 0.3) is 0 Å². The van der Waals surface area contributed by atoms with Gasteiger partial charge in [0.05, 0.1) is 0 Å². The number of halogens is 1. The lowest BCUT2D eigenvalue weighted by Gasteiger charge is -2.10. The lowest BCUT2D eigenvalue weighted by atomic mass is 10.1. The summed E-state index contributed by atoms with van der Waals surface area (Å²) in [6.45, 7) is 0.324. The Labute approximate surface area is 122 Å². The SMILES string of the molecule is NCc1cccc(COc2cccc3cccnc23)c1F. The molecule has 2 N–H and O–H groups in total. The van der Waals surface area contributed by atoms with Crippen molar-refractivity contribution in [3.05, 3.63) is 71.7 Å². The van der Waals surface area contributed by atoms with E-state index in [1.807, 2.05) is 30.3 Å². The van der Waals surface area contributed by atoms with Crippen molar-refractivity contribution < 1.29 is 9.13 Å². The molecule has 1 heterocycles. The number of rotatable bonds is 4. The van der Waals surface area contributed by atoms with Gasteiger partial charge in [0, 0.05) is 29.3 Å². The average Bonchev–Trinajstić information content (AvgIpc) is 2.54. The Morgan fingerprint density at radius 1 is 1.00 bits per heavy atom. The van der Waals surface area contributed by atoms with E-state index >= 15 is 0 Å². The summed E-state index contributed by atoms with van der Waals surface area (Å²) in [4.78, 5) is 4.31. The van der Waals surface area contributed by atoms with Gasteiger partial charge in [-0.25, -0.2) is 4.39 Å². The molecule has 3 nitrogen and oxygen atoms in total. The topological polar surface area (TPSA) is 48.1 Å². The van der Waals surface area contributed by atoms with Crippen molar-refractivity contribution in [3.8, 4) is 5.75 Å². The van der Waals surface area contributed by atoms with Crippen molar-refractivity contribution in [2.24, 2.45) is 5.73 Å². The Bertz CT molecular complexity index is 768. The first-order valence-corrected chi connectivity index (χ1v) is 6.72. The zero-order chi connectivity index (χ0) is 14.7. The van der Waals surface area contributed by atoms with Crippen molar-refractivity contribution in [1.29, 1.82) is 0 Å². The maximum Gasteiger partial charge on any atom is 0.146 e. The van der Waals surface area contributed by atoms with Crippen LogP contribution in [0.5, 0.6) is 5.75 Å². The summed E-state index contributed by atoms with van der Waals surface area (Å²) in [6.07, 6.45) is 1.71. The molecule has 0 unspecified atom stereocenters. The highest BCUT2D eigenvalue weighted by Crippen LogP contribution is 2.24. The summed E-state index contributed by atoms with van der Waals surface area (Å²) >= 11 is 0. The highest BCUT2D eigenvalue weighted by Gasteiger charge is 2.09. The minimum Gasteiger partial charge on any atom is -0.487 e. The van der Waals surface area contributed by atoms with Gasteiger partial charge in [-0.2, -0.15) is 0 Å². The number of hydrogen-bond acceptors (Lipinski definition) is 3. The summed E-state index contributed by atoms with van der Waals surface area (Å²) in [5.41, 5.74) is 7.27. The number of aromatic nitrogens is 1. The fourth-order valence-electron chi connectivity index (χ4n) is 2.25. The molecule has 0 spiro atoms. The number of nitrogens with two attached hydrogens (primary N) is 1. The van der Waals surface area contributed by atoms with E-state index in [1.165, 1.54) is 0 Å². The zero-order valence-electron chi connectivity index (χ0n) is 11.4. The average molecular weight is 282 g/mol. The Kier molecular flexibility index (Phi) is 3.79. The summed E-state index contributed by atoms with van der Waals surface area (Å²) in [7, 11) is 0. The minimum absolute atomic E-state index is 0.148. The standard InChI is InChI=1S/C17H15FN2O/c18-16-13(10-19)5-1-6-14(16)11-21-15-8-2-4-12-7-3-9-20-17(12)15/h1-9H,10-11,19H2. The van der Waals surface area contributed by atoms with Gasteiger partial charge >= 0.3 is 0 Å². The van der Waals surface area contributed by atoms with E-state index in [-0.39, 0.29) is 19.0 Å². The van der Waals surface area contributed by atoms with Crippen LogP contribution in [0, 0.1) is 5.82 Å². The van der Waals surface area contributed by atoms with Gasteiger partial charge in [0.1, 0.15) is 23.7 Å². The van der Waals surface area contributed by atoms with E-state index in [0.29, 0.717) is 16.9 Å². The molecule has 3 rings (SSSR count). The smallest absolute Gasteiger partial charge is 0.146 e. The van der Waals surface area contributed by atoms with E-state index in [1.54, 1.807) is 24.4 Å². The zero-order valence-corrected chi connectivity index (χ0v) is 11.4. The molecule has 0 fully saturated rings. The maximum atomic E-state index is 14.1. The number of hydrogen-bond donors (Lipinski definition) is 1. The quantitative estimate of drug-likeness (QED) is 0.797. The molecule has 0 radical (unpaired) electrons. The van der Waals surface area contributed by atoms with Gasteiger partial charge in [-0.05, 0) is 12.1 Å². The van der Waals surface area contributed by atoms with Gasteiger partial charge < -0.3 is 10.5 Å². The van der Waals surface area contributed by atoms with Crippen LogP contribution in [-0.2, 0) is 13.2 Å². The third-order valence-electron chi connectivity index (χ3n) is 3.36. The van der Waals surface area contributed by atoms with E-state index in [9.17, 15) is 4.39 Å². The van der Waals surface area contributed by atoms with E-state index < -0.39 is 0 Å². The second kappa shape index (κ2) is 5.89. The largest absolute Gasteiger partial charge is 0.487 e. The number of nitrogens with zero attached hydrogens (tertiary/aromatic N) is 1. The lowest BCUT2D eigenvalue weighted by molar-refractivity contribution is 0.302. The van der Waals surface area contributed by atoms with Crippen LogP contribution in [0.3, 0.4) is 0 Å². The molecule has 1 aromatic heterocycles. The summed E-state index contributed by atoms with van der Waals surface area (Å²) in [6, 6.07) is 14.7. The van der Waals surface area contributed by atoms with E-state index in [2.05, 4.69) is 4.98 Å². The van der Waals surface area contributed by atoms with Gasteiger partial charge in [0.15, 0.2) is 0 Å². The molecule has 0 saturated heterocycles. The molecule has 0 aliphatic rings. The van der Waals surface area contributed by atoms with Crippen LogP contribution in [0.15, 0.2) is 54.7 Å².